The zero-order valence-electron chi connectivity index (χ0n) is 15.2. The third-order valence-electron chi connectivity index (χ3n) is 4.51. The van der Waals surface area contributed by atoms with Gasteiger partial charge in [0.05, 0.1) is 11.1 Å². The van der Waals surface area contributed by atoms with Crippen molar-refractivity contribution in [3.05, 3.63) is 99.0 Å². The Morgan fingerprint density at radius 2 is 1.79 bits per heavy atom. The number of carbonyl (C=O) groups excluding carboxylic acids is 2. The zero-order chi connectivity index (χ0) is 20.5. The number of ketones is 1. The van der Waals surface area contributed by atoms with E-state index in [-0.39, 0.29) is 22.9 Å². The van der Waals surface area contributed by atoms with Crippen molar-refractivity contribution in [2.24, 2.45) is 0 Å². The van der Waals surface area contributed by atoms with Gasteiger partial charge in [-0.25, -0.2) is 9.18 Å². The molecule has 0 aliphatic carbocycles. The molecular weight excluding hydrogens is 439 g/mol. The third kappa shape index (κ3) is 3.71. The molecule has 0 aromatic heterocycles. The first-order chi connectivity index (χ1) is 13.9. The van der Waals surface area contributed by atoms with E-state index < -0.39 is 11.8 Å². The van der Waals surface area contributed by atoms with Crippen LogP contribution in [-0.4, -0.2) is 11.8 Å². The van der Waals surface area contributed by atoms with Gasteiger partial charge in [0.1, 0.15) is 17.3 Å². The Labute approximate surface area is 174 Å². The van der Waals surface area contributed by atoms with Crippen molar-refractivity contribution in [1.82, 2.24) is 0 Å². The lowest BCUT2D eigenvalue weighted by Crippen LogP contribution is -2.09. The lowest BCUT2D eigenvalue weighted by atomic mass is 10.1. The predicted octanol–water partition coefficient (Wildman–Crippen LogP) is 5.73. The molecule has 1 heterocycles. The molecule has 0 fully saturated rings. The van der Waals surface area contributed by atoms with Crippen molar-refractivity contribution in [3.8, 4) is 11.5 Å². The maximum absolute atomic E-state index is 13.9. The Bertz CT molecular complexity index is 1170. The van der Waals surface area contributed by atoms with Crippen LogP contribution in [0.1, 0.15) is 31.8 Å². The van der Waals surface area contributed by atoms with E-state index in [1.807, 2.05) is 0 Å². The summed E-state index contributed by atoms with van der Waals surface area (Å²) in [5.41, 5.74) is 1.50. The molecule has 29 heavy (non-hydrogen) atoms. The van der Waals surface area contributed by atoms with Gasteiger partial charge in [-0.3, -0.25) is 4.79 Å². The van der Waals surface area contributed by atoms with Crippen molar-refractivity contribution in [2.75, 3.05) is 0 Å². The van der Waals surface area contributed by atoms with Gasteiger partial charge in [0.25, 0.3) is 0 Å². The van der Waals surface area contributed by atoms with E-state index in [0.29, 0.717) is 22.4 Å². The lowest BCUT2D eigenvalue weighted by Gasteiger charge is -2.10. The summed E-state index contributed by atoms with van der Waals surface area (Å²) >= 11 is 3.32. The summed E-state index contributed by atoms with van der Waals surface area (Å²) in [4.78, 5) is 25.0. The van der Waals surface area contributed by atoms with Gasteiger partial charge in [0.15, 0.2) is 5.76 Å². The number of fused-ring (bicyclic) bond motifs is 1. The van der Waals surface area contributed by atoms with E-state index in [2.05, 4.69) is 15.9 Å². The number of ether oxygens (including phenoxy) is 2. The van der Waals surface area contributed by atoms with Crippen LogP contribution in [0.3, 0.4) is 0 Å². The highest BCUT2D eigenvalue weighted by atomic mass is 79.9. The molecule has 0 saturated carbocycles. The Kier molecular flexibility index (Phi) is 5.03. The fraction of sp³-hybridized carbons (Fsp3) is 0.0435. The number of benzene rings is 3. The van der Waals surface area contributed by atoms with E-state index in [1.54, 1.807) is 55.5 Å². The SMILES string of the molecule is Cc1c(OC(=O)c2ccc(Br)cc2)ccc2c1O/C(=C\c1ccccc1F)C2=O. The van der Waals surface area contributed by atoms with Crippen LogP contribution < -0.4 is 9.47 Å². The molecule has 144 valence electrons. The van der Waals surface area contributed by atoms with Crippen LogP contribution in [-0.2, 0) is 0 Å². The third-order valence-corrected chi connectivity index (χ3v) is 5.04. The molecule has 0 amide bonds. The molecule has 1 aliphatic heterocycles. The molecule has 0 saturated heterocycles. The van der Waals surface area contributed by atoms with E-state index >= 15 is 0 Å². The predicted molar refractivity (Wildman–Crippen MR) is 110 cm³/mol. The number of hydrogen-bond donors (Lipinski definition) is 0. The van der Waals surface area contributed by atoms with Crippen molar-refractivity contribution >= 4 is 33.8 Å². The average molecular weight is 453 g/mol. The molecule has 6 heteroatoms. The molecule has 0 atom stereocenters. The number of Topliss-reactive ketones (excluding diaryl/α,β-unsaturated/α-hetero) is 1. The van der Waals surface area contributed by atoms with E-state index in [9.17, 15) is 14.0 Å². The van der Waals surface area contributed by atoms with Crippen molar-refractivity contribution in [1.29, 1.82) is 0 Å². The topological polar surface area (TPSA) is 52.6 Å². The maximum Gasteiger partial charge on any atom is 0.343 e. The number of rotatable bonds is 3. The summed E-state index contributed by atoms with van der Waals surface area (Å²) in [7, 11) is 0. The number of carbonyl (C=O) groups is 2. The molecule has 0 radical (unpaired) electrons. The standard InChI is InChI=1S/C23H14BrFO4/c1-13-19(29-23(27)14-6-8-16(24)9-7-14)11-10-17-21(26)20(28-22(13)17)12-15-4-2-3-5-18(15)25/h2-12H,1H3/b20-12-. The van der Waals surface area contributed by atoms with E-state index in [0.717, 1.165) is 4.47 Å². The monoisotopic (exact) mass is 452 g/mol. The van der Waals surface area contributed by atoms with Crippen LogP contribution in [0.2, 0.25) is 0 Å². The summed E-state index contributed by atoms with van der Waals surface area (Å²) in [5.74, 6) is -0.711. The smallest absolute Gasteiger partial charge is 0.343 e. The van der Waals surface area contributed by atoms with Gasteiger partial charge in [-0.1, -0.05) is 34.1 Å². The minimum Gasteiger partial charge on any atom is -0.452 e. The fourth-order valence-corrected chi connectivity index (χ4v) is 3.22. The fourth-order valence-electron chi connectivity index (χ4n) is 2.96. The summed E-state index contributed by atoms with van der Waals surface area (Å²) in [6, 6.07) is 16.0. The lowest BCUT2D eigenvalue weighted by molar-refractivity contribution is 0.0733. The van der Waals surface area contributed by atoms with Crippen LogP contribution in [0, 0.1) is 12.7 Å². The number of esters is 1. The summed E-state index contributed by atoms with van der Waals surface area (Å²) in [5, 5.41) is 0. The van der Waals surface area contributed by atoms with Gasteiger partial charge in [0.2, 0.25) is 5.78 Å². The van der Waals surface area contributed by atoms with Crippen molar-refractivity contribution < 1.29 is 23.5 Å². The first-order valence-corrected chi connectivity index (χ1v) is 9.53. The molecule has 0 unspecified atom stereocenters. The molecule has 0 N–H and O–H groups in total. The van der Waals surface area contributed by atoms with Crippen molar-refractivity contribution in [3.63, 3.8) is 0 Å². The molecule has 3 aromatic carbocycles. The minimum atomic E-state index is -0.521. The second-order valence-corrected chi connectivity index (χ2v) is 7.34. The highest BCUT2D eigenvalue weighted by molar-refractivity contribution is 9.10. The van der Waals surface area contributed by atoms with E-state index in [4.69, 9.17) is 9.47 Å². The normalized spacial score (nSPS) is 13.9. The molecule has 1 aliphatic rings. The van der Waals surface area contributed by atoms with Gasteiger partial charge in [-0.15, -0.1) is 0 Å². The zero-order valence-corrected chi connectivity index (χ0v) is 16.8. The second kappa shape index (κ2) is 7.64. The largest absolute Gasteiger partial charge is 0.452 e. The minimum absolute atomic E-state index is 0.0181. The molecule has 3 aromatic rings. The second-order valence-electron chi connectivity index (χ2n) is 6.42. The van der Waals surface area contributed by atoms with E-state index in [1.165, 1.54) is 18.2 Å². The van der Waals surface area contributed by atoms with Crippen LogP contribution in [0.15, 0.2) is 70.9 Å². The number of allylic oxidation sites excluding steroid dienone is 1. The number of halogens is 2. The Balaban J connectivity index is 1.62. The molecule has 0 spiro atoms. The van der Waals surface area contributed by atoms with Crippen LogP contribution >= 0.6 is 15.9 Å². The Morgan fingerprint density at radius 1 is 1.07 bits per heavy atom. The van der Waals surface area contributed by atoms with Crippen LogP contribution in [0.4, 0.5) is 4.39 Å². The van der Waals surface area contributed by atoms with Gasteiger partial charge in [-0.05, 0) is 55.5 Å². The number of hydrogen-bond acceptors (Lipinski definition) is 4. The Morgan fingerprint density at radius 3 is 2.52 bits per heavy atom. The molecule has 4 rings (SSSR count). The highest BCUT2D eigenvalue weighted by Gasteiger charge is 2.30. The highest BCUT2D eigenvalue weighted by Crippen LogP contribution is 2.39. The van der Waals surface area contributed by atoms with Crippen LogP contribution in [0.25, 0.3) is 6.08 Å². The molecule has 4 nitrogen and oxygen atoms in total. The van der Waals surface area contributed by atoms with Crippen molar-refractivity contribution in [2.45, 2.75) is 6.92 Å². The quantitative estimate of drug-likeness (QED) is 0.289. The average Bonchev–Trinajstić information content (AvgIpc) is 3.03. The van der Waals surface area contributed by atoms with Crippen LogP contribution in [0.5, 0.6) is 11.5 Å². The van der Waals surface area contributed by atoms with Gasteiger partial charge >= 0.3 is 5.97 Å². The maximum atomic E-state index is 13.9. The summed E-state index contributed by atoms with van der Waals surface area (Å²) < 4.78 is 25.9. The Hall–Kier alpha value is -3.25. The summed E-state index contributed by atoms with van der Waals surface area (Å²) in [6.45, 7) is 1.70. The van der Waals surface area contributed by atoms with Gasteiger partial charge in [-0.2, -0.15) is 0 Å². The first-order valence-electron chi connectivity index (χ1n) is 8.74. The molecule has 0 bridgehead atoms. The van der Waals surface area contributed by atoms with Gasteiger partial charge in [0, 0.05) is 15.6 Å². The summed E-state index contributed by atoms with van der Waals surface area (Å²) in [6.07, 6.45) is 1.37. The molecular formula is C23H14BrFO4. The first kappa shape index (κ1) is 19.1. The van der Waals surface area contributed by atoms with Gasteiger partial charge < -0.3 is 9.47 Å².